The van der Waals surface area contributed by atoms with E-state index >= 15 is 0 Å². The second-order valence-electron chi connectivity index (χ2n) is 6.67. The van der Waals surface area contributed by atoms with Crippen LogP contribution in [0.2, 0.25) is 0 Å². The molecule has 0 spiro atoms. The summed E-state index contributed by atoms with van der Waals surface area (Å²) in [7, 11) is 4.09. The molecular weight excluding hydrogens is 333 g/mol. The van der Waals surface area contributed by atoms with E-state index in [-0.39, 0.29) is 18.0 Å². The van der Waals surface area contributed by atoms with Crippen LogP contribution in [0.25, 0.3) is 10.8 Å². The molecule has 0 amide bonds. The van der Waals surface area contributed by atoms with Gasteiger partial charge in [0.05, 0.1) is 30.8 Å². The molecule has 1 N–H and O–H groups in total. The van der Waals surface area contributed by atoms with Crippen molar-refractivity contribution in [2.45, 2.75) is 12.1 Å². The number of hydrogen-bond acceptors (Lipinski definition) is 5. The number of morpholine rings is 1. The normalized spacial score (nSPS) is 21.2. The molecule has 2 atom stereocenters. The number of aromatic nitrogens is 3. The summed E-state index contributed by atoms with van der Waals surface area (Å²) < 4.78 is 21.7. The number of ether oxygens (including phenoxy) is 1. The molecule has 0 bridgehead atoms. The lowest BCUT2D eigenvalue weighted by molar-refractivity contribution is -0.0578. The van der Waals surface area contributed by atoms with Crippen LogP contribution in [0.3, 0.4) is 0 Å². The van der Waals surface area contributed by atoms with Crippen molar-refractivity contribution in [3.63, 3.8) is 0 Å². The Morgan fingerprint density at radius 1 is 1.31 bits per heavy atom. The molecule has 1 aromatic carbocycles. The lowest BCUT2D eigenvalue weighted by Gasteiger charge is -2.39. The van der Waals surface area contributed by atoms with Crippen LogP contribution < -0.4 is 5.32 Å². The Hall–Kier alpha value is -2.51. The van der Waals surface area contributed by atoms with E-state index in [1.165, 1.54) is 12.1 Å². The molecule has 0 radical (unpaired) electrons. The molecule has 0 aliphatic carbocycles. The minimum absolute atomic E-state index is 0.0604. The van der Waals surface area contributed by atoms with E-state index in [4.69, 9.17) is 4.74 Å². The first-order chi connectivity index (χ1) is 12.6. The number of fused-ring (bicyclic) bond motifs is 1. The van der Waals surface area contributed by atoms with Gasteiger partial charge in [0.1, 0.15) is 11.6 Å². The van der Waals surface area contributed by atoms with Crippen LogP contribution >= 0.6 is 0 Å². The number of pyridine rings is 1. The van der Waals surface area contributed by atoms with E-state index in [1.807, 2.05) is 23.9 Å². The monoisotopic (exact) mass is 355 g/mol. The molecule has 3 heterocycles. The van der Waals surface area contributed by atoms with Gasteiger partial charge in [-0.2, -0.15) is 0 Å². The van der Waals surface area contributed by atoms with Crippen LogP contribution in [0.4, 0.5) is 10.2 Å². The third-order valence-electron chi connectivity index (χ3n) is 4.96. The van der Waals surface area contributed by atoms with Crippen LogP contribution in [-0.2, 0) is 11.8 Å². The van der Waals surface area contributed by atoms with E-state index < -0.39 is 0 Å². The standard InChI is InChI=1S/C19H22FN5O/c1-24-7-8-26-17(18(24)16-10-21-12-25(16)2)11-23-19-15-9-14(20)4-3-13(15)5-6-22-19/h3-6,9-10,12,17-18H,7-8,11H2,1-2H3,(H,22,23)/t17-,18-/m0/s1. The second-order valence-corrected chi connectivity index (χ2v) is 6.67. The summed E-state index contributed by atoms with van der Waals surface area (Å²) in [6, 6.07) is 6.71. The predicted molar refractivity (Wildman–Crippen MR) is 98.5 cm³/mol. The van der Waals surface area contributed by atoms with Gasteiger partial charge in [-0.15, -0.1) is 0 Å². The second kappa shape index (κ2) is 7.01. The zero-order valence-electron chi connectivity index (χ0n) is 14.9. The Morgan fingerprint density at radius 2 is 2.19 bits per heavy atom. The fourth-order valence-electron chi connectivity index (χ4n) is 3.58. The number of anilines is 1. The van der Waals surface area contributed by atoms with Gasteiger partial charge in [-0.25, -0.2) is 14.4 Å². The maximum Gasteiger partial charge on any atom is 0.134 e. The van der Waals surface area contributed by atoms with E-state index in [1.54, 1.807) is 18.6 Å². The van der Waals surface area contributed by atoms with Crippen molar-refractivity contribution in [1.82, 2.24) is 19.4 Å². The summed E-state index contributed by atoms with van der Waals surface area (Å²) in [5, 5.41) is 5.08. The van der Waals surface area contributed by atoms with Crippen LogP contribution in [0.1, 0.15) is 11.7 Å². The van der Waals surface area contributed by atoms with Crippen molar-refractivity contribution in [3.05, 3.63) is 54.5 Å². The fourth-order valence-corrected chi connectivity index (χ4v) is 3.58. The summed E-state index contributed by atoms with van der Waals surface area (Å²) >= 11 is 0. The summed E-state index contributed by atoms with van der Waals surface area (Å²) in [6.07, 6.45) is 5.36. The highest BCUT2D eigenvalue weighted by molar-refractivity contribution is 5.91. The Kier molecular flexibility index (Phi) is 4.57. The van der Waals surface area contributed by atoms with E-state index in [0.29, 0.717) is 19.0 Å². The first-order valence-corrected chi connectivity index (χ1v) is 8.69. The molecule has 0 saturated carbocycles. The van der Waals surface area contributed by atoms with Crippen LogP contribution in [-0.4, -0.2) is 52.3 Å². The van der Waals surface area contributed by atoms with Gasteiger partial charge >= 0.3 is 0 Å². The Morgan fingerprint density at radius 3 is 3.00 bits per heavy atom. The number of aryl methyl sites for hydroxylation is 1. The van der Waals surface area contributed by atoms with E-state index in [9.17, 15) is 4.39 Å². The van der Waals surface area contributed by atoms with Gasteiger partial charge in [-0.1, -0.05) is 6.07 Å². The Bertz CT molecular complexity index is 912. The van der Waals surface area contributed by atoms with Crippen molar-refractivity contribution in [3.8, 4) is 0 Å². The minimum Gasteiger partial charge on any atom is -0.373 e. The number of nitrogens with zero attached hydrogens (tertiary/aromatic N) is 4. The highest BCUT2D eigenvalue weighted by atomic mass is 19.1. The number of rotatable bonds is 4. The Balaban J connectivity index is 1.58. The molecule has 1 saturated heterocycles. The molecule has 6 nitrogen and oxygen atoms in total. The zero-order chi connectivity index (χ0) is 18.1. The van der Waals surface area contributed by atoms with E-state index in [0.717, 1.165) is 23.0 Å². The predicted octanol–water partition coefficient (Wildman–Crippen LogP) is 2.59. The molecule has 136 valence electrons. The number of nitrogens with one attached hydrogen (secondary N) is 1. The number of hydrogen-bond donors (Lipinski definition) is 1. The topological polar surface area (TPSA) is 55.2 Å². The van der Waals surface area contributed by atoms with Gasteiger partial charge in [0, 0.05) is 37.9 Å². The molecule has 0 unspecified atom stereocenters. The lowest BCUT2D eigenvalue weighted by Crippen LogP contribution is -2.46. The smallest absolute Gasteiger partial charge is 0.134 e. The number of likely N-dealkylation sites (N-methyl/N-ethyl adjacent to an activating group) is 1. The van der Waals surface area contributed by atoms with Gasteiger partial charge in [0.15, 0.2) is 0 Å². The molecule has 1 aliphatic heterocycles. The van der Waals surface area contributed by atoms with Gasteiger partial charge in [-0.05, 0) is 30.6 Å². The highest BCUT2D eigenvalue weighted by Crippen LogP contribution is 2.29. The molecular formula is C19H22FN5O. The quantitative estimate of drug-likeness (QED) is 0.780. The van der Waals surface area contributed by atoms with Crippen LogP contribution in [0.15, 0.2) is 43.0 Å². The van der Waals surface area contributed by atoms with Gasteiger partial charge < -0.3 is 14.6 Å². The lowest BCUT2D eigenvalue weighted by atomic mass is 10.0. The van der Waals surface area contributed by atoms with E-state index in [2.05, 4.69) is 27.2 Å². The molecule has 3 aromatic rings. The summed E-state index contributed by atoms with van der Waals surface area (Å²) in [5.41, 5.74) is 1.11. The average Bonchev–Trinajstić information content (AvgIpc) is 3.05. The third-order valence-corrected chi connectivity index (χ3v) is 4.96. The molecule has 26 heavy (non-hydrogen) atoms. The SMILES string of the molecule is CN1CCO[C@@H](CNc2nccc3ccc(F)cc23)[C@@H]1c1cncn1C. The van der Waals surface area contributed by atoms with Gasteiger partial charge in [-0.3, -0.25) is 4.90 Å². The Labute approximate surface area is 151 Å². The van der Waals surface area contributed by atoms with Crippen molar-refractivity contribution in [2.75, 3.05) is 32.1 Å². The van der Waals surface area contributed by atoms with Crippen molar-refractivity contribution in [1.29, 1.82) is 0 Å². The number of halogens is 1. The zero-order valence-corrected chi connectivity index (χ0v) is 14.9. The minimum atomic E-state index is -0.269. The first-order valence-electron chi connectivity index (χ1n) is 8.69. The number of imidazole rings is 1. The van der Waals surface area contributed by atoms with Crippen molar-refractivity contribution in [2.24, 2.45) is 7.05 Å². The van der Waals surface area contributed by atoms with Gasteiger partial charge in [0.2, 0.25) is 0 Å². The maximum absolute atomic E-state index is 13.7. The summed E-state index contributed by atoms with van der Waals surface area (Å²) in [6.45, 7) is 2.11. The average molecular weight is 355 g/mol. The maximum atomic E-state index is 13.7. The fraction of sp³-hybridized carbons (Fsp3) is 0.368. The van der Waals surface area contributed by atoms with Crippen molar-refractivity contribution >= 4 is 16.6 Å². The molecule has 4 rings (SSSR count). The summed E-state index contributed by atoms with van der Waals surface area (Å²) in [4.78, 5) is 10.9. The molecule has 1 aliphatic rings. The van der Waals surface area contributed by atoms with Crippen molar-refractivity contribution < 1.29 is 9.13 Å². The first kappa shape index (κ1) is 16.9. The van der Waals surface area contributed by atoms with Crippen LogP contribution in [0, 0.1) is 5.82 Å². The summed E-state index contributed by atoms with van der Waals surface area (Å²) in [5.74, 6) is 0.401. The van der Waals surface area contributed by atoms with Crippen LogP contribution in [0.5, 0.6) is 0 Å². The highest BCUT2D eigenvalue weighted by Gasteiger charge is 2.33. The third kappa shape index (κ3) is 3.15. The number of benzene rings is 1. The molecule has 7 heteroatoms. The molecule has 1 fully saturated rings. The largest absolute Gasteiger partial charge is 0.373 e. The van der Waals surface area contributed by atoms with Gasteiger partial charge in [0.25, 0.3) is 0 Å². The molecule has 2 aromatic heterocycles.